The molecule has 0 amide bonds. The van der Waals surface area contributed by atoms with Crippen molar-refractivity contribution >= 4 is 12.2 Å². The SMILES string of the molecule is COC(C)c1n[nH]c(=S)n1-c1ccccc1. The van der Waals surface area contributed by atoms with Gasteiger partial charge in [-0.15, -0.1) is 0 Å². The molecule has 1 heterocycles. The Kier molecular flexibility index (Phi) is 3.17. The van der Waals surface area contributed by atoms with E-state index in [4.69, 9.17) is 17.0 Å². The Morgan fingerprint density at radius 2 is 2.06 bits per heavy atom. The van der Waals surface area contributed by atoms with E-state index in [-0.39, 0.29) is 6.10 Å². The quantitative estimate of drug-likeness (QED) is 0.832. The Hall–Kier alpha value is -1.46. The number of methoxy groups -OCH3 is 1. The number of ether oxygens (including phenoxy) is 1. The number of nitrogens with one attached hydrogen (secondary N) is 1. The lowest BCUT2D eigenvalue weighted by molar-refractivity contribution is 0.110. The third-order valence-corrected chi connectivity index (χ3v) is 2.70. The molecule has 84 valence electrons. The van der Waals surface area contributed by atoms with E-state index in [9.17, 15) is 0 Å². The molecule has 0 aliphatic heterocycles. The fourth-order valence-electron chi connectivity index (χ4n) is 1.51. The van der Waals surface area contributed by atoms with Gasteiger partial charge >= 0.3 is 0 Å². The van der Waals surface area contributed by atoms with Crippen molar-refractivity contribution in [2.24, 2.45) is 0 Å². The van der Waals surface area contributed by atoms with E-state index < -0.39 is 0 Å². The lowest BCUT2D eigenvalue weighted by Crippen LogP contribution is -2.06. The molecule has 1 unspecified atom stereocenters. The van der Waals surface area contributed by atoms with Crippen LogP contribution in [-0.2, 0) is 4.74 Å². The lowest BCUT2D eigenvalue weighted by atomic mass is 10.3. The summed E-state index contributed by atoms with van der Waals surface area (Å²) < 4.78 is 7.71. The molecule has 1 N–H and O–H groups in total. The minimum atomic E-state index is -0.104. The number of hydrogen-bond donors (Lipinski definition) is 1. The van der Waals surface area contributed by atoms with Gasteiger partial charge in [-0.25, -0.2) is 0 Å². The van der Waals surface area contributed by atoms with Crippen molar-refractivity contribution < 1.29 is 4.74 Å². The maximum Gasteiger partial charge on any atom is 0.199 e. The van der Waals surface area contributed by atoms with Crippen LogP contribution in [0.3, 0.4) is 0 Å². The Balaban J connectivity index is 2.56. The Morgan fingerprint density at radius 1 is 1.38 bits per heavy atom. The first kappa shape index (κ1) is 11.0. The van der Waals surface area contributed by atoms with Crippen LogP contribution in [0.25, 0.3) is 5.69 Å². The summed E-state index contributed by atoms with van der Waals surface area (Å²) in [5, 5.41) is 6.97. The summed E-state index contributed by atoms with van der Waals surface area (Å²) in [5.74, 6) is 0.777. The highest BCUT2D eigenvalue weighted by Crippen LogP contribution is 2.18. The molecule has 0 bridgehead atoms. The molecule has 0 fully saturated rings. The smallest absolute Gasteiger partial charge is 0.199 e. The molecule has 0 aliphatic carbocycles. The zero-order chi connectivity index (χ0) is 11.5. The number of H-pyrrole nitrogens is 1. The monoisotopic (exact) mass is 235 g/mol. The summed E-state index contributed by atoms with van der Waals surface area (Å²) in [5.41, 5.74) is 0.986. The summed E-state index contributed by atoms with van der Waals surface area (Å²) in [7, 11) is 1.65. The van der Waals surface area contributed by atoms with Gasteiger partial charge in [0.2, 0.25) is 0 Å². The topological polar surface area (TPSA) is 42.8 Å². The van der Waals surface area contributed by atoms with E-state index in [1.165, 1.54) is 0 Å². The van der Waals surface area contributed by atoms with Gasteiger partial charge in [0.05, 0.1) is 0 Å². The van der Waals surface area contributed by atoms with Crippen molar-refractivity contribution in [1.82, 2.24) is 14.8 Å². The normalized spacial score (nSPS) is 12.6. The predicted octanol–water partition coefficient (Wildman–Crippen LogP) is 2.64. The van der Waals surface area contributed by atoms with E-state index in [0.717, 1.165) is 11.5 Å². The van der Waals surface area contributed by atoms with Gasteiger partial charge in [0.1, 0.15) is 6.10 Å². The van der Waals surface area contributed by atoms with Gasteiger partial charge in [-0.3, -0.25) is 9.67 Å². The van der Waals surface area contributed by atoms with Crippen molar-refractivity contribution in [3.05, 3.63) is 40.9 Å². The van der Waals surface area contributed by atoms with Crippen molar-refractivity contribution in [3.63, 3.8) is 0 Å². The number of para-hydroxylation sites is 1. The summed E-state index contributed by atoms with van der Waals surface area (Å²) in [6.45, 7) is 1.93. The number of benzene rings is 1. The highest BCUT2D eigenvalue weighted by Gasteiger charge is 2.14. The molecular weight excluding hydrogens is 222 g/mol. The van der Waals surface area contributed by atoms with E-state index >= 15 is 0 Å². The molecule has 1 aromatic heterocycles. The van der Waals surface area contributed by atoms with Crippen LogP contribution in [0, 0.1) is 4.77 Å². The van der Waals surface area contributed by atoms with E-state index in [1.807, 2.05) is 41.8 Å². The Bertz CT molecular complexity index is 518. The zero-order valence-corrected chi connectivity index (χ0v) is 9.99. The number of aromatic amines is 1. The van der Waals surface area contributed by atoms with Crippen LogP contribution in [0.4, 0.5) is 0 Å². The number of nitrogens with zero attached hydrogens (tertiary/aromatic N) is 2. The average Bonchev–Trinajstić information content (AvgIpc) is 2.71. The molecule has 0 radical (unpaired) electrons. The molecular formula is C11H13N3OS. The van der Waals surface area contributed by atoms with Crippen LogP contribution in [-0.4, -0.2) is 21.9 Å². The van der Waals surface area contributed by atoms with Crippen LogP contribution < -0.4 is 0 Å². The first-order valence-corrected chi connectivity index (χ1v) is 5.40. The molecule has 2 rings (SSSR count). The van der Waals surface area contributed by atoms with Crippen LogP contribution in [0.2, 0.25) is 0 Å². The number of rotatable bonds is 3. The van der Waals surface area contributed by atoms with Crippen molar-refractivity contribution in [2.75, 3.05) is 7.11 Å². The Morgan fingerprint density at radius 3 is 2.69 bits per heavy atom. The summed E-state index contributed by atoms with van der Waals surface area (Å²) in [4.78, 5) is 0. The van der Waals surface area contributed by atoms with Crippen molar-refractivity contribution in [1.29, 1.82) is 0 Å². The molecule has 16 heavy (non-hydrogen) atoms. The van der Waals surface area contributed by atoms with E-state index in [2.05, 4.69) is 10.2 Å². The molecule has 0 spiro atoms. The second kappa shape index (κ2) is 4.59. The fraction of sp³-hybridized carbons (Fsp3) is 0.273. The molecule has 1 atom stereocenters. The van der Waals surface area contributed by atoms with Crippen molar-refractivity contribution in [2.45, 2.75) is 13.0 Å². The van der Waals surface area contributed by atoms with Gasteiger partial charge in [0.15, 0.2) is 10.6 Å². The highest BCUT2D eigenvalue weighted by atomic mass is 32.1. The van der Waals surface area contributed by atoms with Crippen LogP contribution in [0.5, 0.6) is 0 Å². The van der Waals surface area contributed by atoms with Gasteiger partial charge in [-0.05, 0) is 31.3 Å². The molecule has 0 saturated carbocycles. The van der Waals surface area contributed by atoms with Gasteiger partial charge in [0.25, 0.3) is 0 Å². The van der Waals surface area contributed by atoms with E-state index in [1.54, 1.807) is 7.11 Å². The third-order valence-electron chi connectivity index (χ3n) is 2.43. The minimum absolute atomic E-state index is 0.104. The summed E-state index contributed by atoms with van der Waals surface area (Å²) in [6, 6.07) is 9.86. The molecule has 1 aromatic carbocycles. The maximum absolute atomic E-state index is 5.26. The van der Waals surface area contributed by atoms with Gasteiger partial charge in [-0.1, -0.05) is 18.2 Å². The van der Waals surface area contributed by atoms with Gasteiger partial charge in [0, 0.05) is 12.8 Å². The van der Waals surface area contributed by atoms with E-state index in [0.29, 0.717) is 4.77 Å². The van der Waals surface area contributed by atoms with Crippen LogP contribution >= 0.6 is 12.2 Å². The summed E-state index contributed by atoms with van der Waals surface area (Å²) >= 11 is 5.21. The maximum atomic E-state index is 5.26. The molecule has 2 aromatic rings. The molecule has 0 aliphatic rings. The predicted molar refractivity (Wildman–Crippen MR) is 64.2 cm³/mol. The van der Waals surface area contributed by atoms with Gasteiger partial charge in [-0.2, -0.15) is 5.10 Å². The third kappa shape index (κ3) is 1.91. The zero-order valence-electron chi connectivity index (χ0n) is 9.18. The highest BCUT2D eigenvalue weighted by molar-refractivity contribution is 7.71. The molecule has 0 saturated heterocycles. The summed E-state index contributed by atoms with van der Waals surface area (Å²) in [6.07, 6.45) is -0.104. The van der Waals surface area contributed by atoms with Crippen LogP contribution in [0.15, 0.2) is 30.3 Å². The largest absolute Gasteiger partial charge is 0.374 e. The first-order valence-electron chi connectivity index (χ1n) is 4.99. The molecule has 4 nitrogen and oxygen atoms in total. The van der Waals surface area contributed by atoms with Gasteiger partial charge < -0.3 is 4.74 Å². The fourth-order valence-corrected chi connectivity index (χ4v) is 1.76. The lowest BCUT2D eigenvalue weighted by Gasteiger charge is -2.11. The Labute approximate surface area is 98.9 Å². The van der Waals surface area contributed by atoms with Crippen molar-refractivity contribution in [3.8, 4) is 5.69 Å². The average molecular weight is 235 g/mol. The minimum Gasteiger partial charge on any atom is -0.374 e. The van der Waals surface area contributed by atoms with Crippen LogP contribution in [0.1, 0.15) is 18.9 Å². The number of aromatic nitrogens is 3. The first-order chi connectivity index (χ1) is 7.74. The second-order valence-electron chi connectivity index (χ2n) is 3.44. The standard InChI is InChI=1S/C11H13N3OS/c1-8(15-2)10-12-13-11(16)14(10)9-6-4-3-5-7-9/h3-8H,1-2H3,(H,13,16). The molecule has 5 heteroatoms. The second-order valence-corrected chi connectivity index (χ2v) is 3.82. The number of hydrogen-bond acceptors (Lipinski definition) is 3.